The van der Waals surface area contributed by atoms with Crippen LogP contribution in [0.15, 0.2) is 30.3 Å². The highest BCUT2D eigenvalue weighted by atomic mass is 17.0. The third-order valence-corrected chi connectivity index (χ3v) is 1.28. The normalized spacial score (nSPS) is 11.6. The van der Waals surface area contributed by atoms with E-state index in [0.29, 0.717) is 0 Å². The molecule has 9 N–H and O–H groups in total. The first-order valence-corrected chi connectivity index (χ1v) is 4.01. The number of nitrogens with one attached hydrogen (secondary N) is 3. The van der Waals surface area contributed by atoms with Gasteiger partial charge in [0.05, 0.1) is 0 Å². The third kappa shape index (κ3) is 9.05. The Labute approximate surface area is 86.6 Å². The van der Waals surface area contributed by atoms with Crippen LogP contribution in [-0.2, 0) is 0 Å². The predicted molar refractivity (Wildman–Crippen MR) is 53.3 cm³/mol. The van der Waals surface area contributed by atoms with Crippen molar-refractivity contribution in [1.82, 2.24) is 5.43 Å². The average molecular weight is 217 g/mol. The molecule has 0 aromatic heterocycles. The second-order valence-corrected chi connectivity index (χ2v) is 2.44. The summed E-state index contributed by atoms with van der Waals surface area (Å²) < 4.78 is 0. The quantitative estimate of drug-likeness (QED) is 0.175. The lowest BCUT2D eigenvalue weighted by molar-refractivity contribution is -1.20. The molecule has 0 amide bonds. The minimum Gasteiger partial charge on any atom is -0.566 e. The smallest absolute Gasteiger partial charge is 0.142 e. The van der Waals surface area contributed by atoms with Crippen LogP contribution in [0.2, 0.25) is 0 Å². The summed E-state index contributed by atoms with van der Waals surface area (Å²) in [6, 6.07) is 9.61. The molecule has 0 aliphatic carbocycles. The zero-order valence-electron chi connectivity index (χ0n) is 7.92. The molecule has 86 valence electrons. The minimum atomic E-state index is -1.83. The summed E-state index contributed by atoms with van der Waals surface area (Å²) in [6.45, 7) is 0. The first-order chi connectivity index (χ1) is 7.06. The Kier molecular flexibility index (Phi) is 7.40. The molecule has 0 spiro atoms. The van der Waals surface area contributed by atoms with E-state index in [-0.39, 0.29) is 0 Å². The van der Waals surface area contributed by atoms with Gasteiger partial charge in [-0.15, -0.1) is 0 Å². The van der Waals surface area contributed by atoms with Crippen LogP contribution in [-0.4, -0.2) is 16.7 Å². The van der Waals surface area contributed by atoms with Crippen LogP contribution >= 0.6 is 0 Å². The van der Waals surface area contributed by atoms with Gasteiger partial charge in [0.15, 0.2) is 0 Å². The van der Waals surface area contributed by atoms with Crippen molar-refractivity contribution in [2.75, 3.05) is 5.32 Å². The maximum Gasteiger partial charge on any atom is 0.142 e. The molecular weight excluding hydrogens is 202 g/mol. The molecule has 1 aromatic rings. The Morgan fingerprint density at radius 2 is 1.73 bits per heavy atom. The molecule has 0 bridgehead atoms. The highest BCUT2D eigenvalue weighted by molar-refractivity contribution is 5.42. The molecule has 8 heteroatoms. The second-order valence-electron chi connectivity index (χ2n) is 2.44. The number of anilines is 1. The van der Waals surface area contributed by atoms with E-state index in [2.05, 4.69) is 10.7 Å². The standard InChI is InChI=1S/C7H12N4.H3NO3/c8-7(11-9)10-6-4-2-1-3-5-6;2-1(3)4/h1-5,7,10-11H,8-9H2;1-3H. The van der Waals surface area contributed by atoms with Gasteiger partial charge in [0.2, 0.25) is 0 Å². The van der Waals surface area contributed by atoms with Crippen molar-refractivity contribution < 1.29 is 15.8 Å². The molecule has 0 aliphatic rings. The van der Waals surface area contributed by atoms with Crippen molar-refractivity contribution in [3.8, 4) is 0 Å². The molecule has 0 fully saturated rings. The van der Waals surface area contributed by atoms with Crippen molar-refractivity contribution in [1.29, 1.82) is 0 Å². The fourth-order valence-electron chi connectivity index (χ4n) is 0.756. The van der Waals surface area contributed by atoms with Gasteiger partial charge in [-0.2, -0.15) is 10.4 Å². The van der Waals surface area contributed by atoms with Crippen molar-refractivity contribution in [2.45, 2.75) is 6.29 Å². The van der Waals surface area contributed by atoms with E-state index < -0.39 is 11.7 Å². The number of rotatable bonds is 3. The minimum absolute atomic E-state index is 0.405. The van der Waals surface area contributed by atoms with E-state index in [4.69, 9.17) is 27.2 Å². The Morgan fingerprint density at radius 1 is 1.27 bits per heavy atom. The summed E-state index contributed by atoms with van der Waals surface area (Å²) in [7, 11) is 0. The average Bonchev–Trinajstić information content (AvgIpc) is 2.18. The van der Waals surface area contributed by atoms with Crippen LogP contribution in [0.5, 0.6) is 0 Å². The Morgan fingerprint density at radius 3 is 2.13 bits per heavy atom. The molecule has 8 nitrogen and oxygen atoms in total. The highest BCUT2D eigenvalue weighted by Gasteiger charge is 1.95. The largest absolute Gasteiger partial charge is 0.566 e. The van der Waals surface area contributed by atoms with E-state index >= 15 is 0 Å². The van der Waals surface area contributed by atoms with Crippen molar-refractivity contribution >= 4 is 5.69 Å². The monoisotopic (exact) mass is 217 g/mol. The Hall–Kier alpha value is -1.26. The van der Waals surface area contributed by atoms with Crippen LogP contribution in [0, 0.1) is 5.21 Å². The molecule has 0 saturated heterocycles. The SMILES string of the molecule is NNC(N)Nc1ccccc1.[O-][NH+](O)O. The number of quaternary nitrogens is 1. The number of hydrogen-bond donors (Lipinski definition) is 7. The summed E-state index contributed by atoms with van der Waals surface area (Å²) in [4.78, 5) is 0. The molecule has 0 aliphatic heterocycles. The molecule has 15 heavy (non-hydrogen) atoms. The van der Waals surface area contributed by atoms with Crippen molar-refractivity contribution in [3.05, 3.63) is 35.5 Å². The lowest BCUT2D eigenvalue weighted by Crippen LogP contribution is -3.01. The van der Waals surface area contributed by atoms with Gasteiger partial charge in [0.25, 0.3) is 0 Å². The Bertz CT molecular complexity index is 243. The summed E-state index contributed by atoms with van der Waals surface area (Å²) >= 11 is 0. The fraction of sp³-hybridized carbons (Fsp3) is 0.143. The van der Waals surface area contributed by atoms with Gasteiger partial charge in [-0.1, -0.05) is 23.6 Å². The first kappa shape index (κ1) is 13.7. The summed E-state index contributed by atoms with van der Waals surface area (Å²) in [5.74, 6) is 5.08. The molecule has 1 aromatic carbocycles. The van der Waals surface area contributed by atoms with Gasteiger partial charge >= 0.3 is 0 Å². The van der Waals surface area contributed by atoms with E-state index in [0.717, 1.165) is 5.69 Å². The topological polar surface area (TPSA) is 144 Å². The van der Waals surface area contributed by atoms with Crippen molar-refractivity contribution in [2.24, 2.45) is 11.6 Å². The second kappa shape index (κ2) is 8.08. The molecule has 0 saturated carbocycles. The zero-order valence-corrected chi connectivity index (χ0v) is 7.92. The van der Waals surface area contributed by atoms with E-state index in [1.165, 1.54) is 0 Å². The molecule has 0 heterocycles. The van der Waals surface area contributed by atoms with Gasteiger partial charge in [0, 0.05) is 5.69 Å². The Balaban J connectivity index is 0.000000423. The summed E-state index contributed by atoms with van der Waals surface area (Å²) in [5, 5.41) is 23.6. The lowest BCUT2D eigenvalue weighted by Gasteiger charge is -2.12. The summed E-state index contributed by atoms with van der Waals surface area (Å²) in [5.41, 5.74) is 8.78. The predicted octanol–water partition coefficient (Wildman–Crippen LogP) is -2.05. The van der Waals surface area contributed by atoms with E-state index in [1.807, 2.05) is 30.3 Å². The third-order valence-electron chi connectivity index (χ3n) is 1.28. The van der Waals surface area contributed by atoms with Crippen LogP contribution in [0.4, 0.5) is 5.69 Å². The number of hydrazine groups is 1. The van der Waals surface area contributed by atoms with Crippen LogP contribution in [0.3, 0.4) is 0 Å². The van der Waals surface area contributed by atoms with E-state index in [9.17, 15) is 0 Å². The molecule has 0 radical (unpaired) electrons. The van der Waals surface area contributed by atoms with Gasteiger partial charge < -0.3 is 10.5 Å². The van der Waals surface area contributed by atoms with Gasteiger partial charge in [0.1, 0.15) is 6.29 Å². The van der Waals surface area contributed by atoms with E-state index in [1.54, 1.807) is 0 Å². The lowest BCUT2D eigenvalue weighted by atomic mass is 10.3. The molecule has 1 unspecified atom stereocenters. The van der Waals surface area contributed by atoms with Gasteiger partial charge in [-0.3, -0.25) is 11.6 Å². The van der Waals surface area contributed by atoms with Gasteiger partial charge in [-0.25, -0.2) is 5.43 Å². The molecule has 1 rings (SSSR count). The highest BCUT2D eigenvalue weighted by Crippen LogP contribution is 2.03. The summed E-state index contributed by atoms with van der Waals surface area (Å²) in [6.07, 6.45) is -0.405. The van der Waals surface area contributed by atoms with Crippen molar-refractivity contribution in [3.63, 3.8) is 0 Å². The van der Waals surface area contributed by atoms with Crippen LogP contribution < -0.4 is 27.7 Å². The van der Waals surface area contributed by atoms with Gasteiger partial charge in [-0.05, 0) is 12.1 Å². The maximum absolute atomic E-state index is 8.56. The zero-order chi connectivity index (χ0) is 11.7. The maximum atomic E-state index is 8.56. The fourth-order valence-corrected chi connectivity index (χ4v) is 0.756. The number of para-hydroxylation sites is 1. The number of nitrogens with two attached hydrogens (primary N) is 2. The molecule has 1 atom stereocenters. The molecular formula is C7H15N5O3. The number of hydrogen-bond acceptors (Lipinski definition) is 7. The van der Waals surface area contributed by atoms with Crippen LogP contribution in [0.1, 0.15) is 0 Å². The van der Waals surface area contributed by atoms with Crippen LogP contribution in [0.25, 0.3) is 0 Å². The first-order valence-electron chi connectivity index (χ1n) is 4.01. The number of benzene rings is 1.